The highest BCUT2D eigenvalue weighted by Gasteiger charge is 2.19. The Morgan fingerprint density at radius 1 is 1.00 bits per heavy atom. The molecule has 0 heterocycles. The van der Waals surface area contributed by atoms with Gasteiger partial charge in [-0.1, -0.05) is 59.5 Å². The van der Waals surface area contributed by atoms with Gasteiger partial charge in [0.05, 0.1) is 0 Å². The van der Waals surface area contributed by atoms with Crippen molar-refractivity contribution in [2.45, 2.75) is 0 Å². The first-order valence-corrected chi connectivity index (χ1v) is 5.69. The Bertz CT molecular complexity index is 530. The Balaban J connectivity index is 2.65. The molecule has 2 nitrogen and oxygen atoms in total. The van der Waals surface area contributed by atoms with Crippen LogP contribution in [0.25, 0.3) is 11.1 Å². The fourth-order valence-electron chi connectivity index (χ4n) is 1.85. The Kier molecular flexibility index (Phi) is 3.57. The van der Waals surface area contributed by atoms with Crippen molar-refractivity contribution in [1.82, 2.24) is 0 Å². The molecule has 0 aromatic heterocycles. The van der Waals surface area contributed by atoms with Gasteiger partial charge in [0.25, 0.3) is 0 Å². The zero-order valence-corrected chi connectivity index (χ0v) is 10.1. The Hall–Kier alpha value is -1.22. The van der Waals surface area contributed by atoms with Gasteiger partial charge in [0, 0.05) is 10.5 Å². The number of rotatable bonds is 2. The highest BCUT2D eigenvalue weighted by Crippen LogP contribution is 2.24. The third-order valence-corrected chi connectivity index (χ3v) is 3.13. The molecule has 17 heavy (non-hydrogen) atoms. The maximum absolute atomic E-state index is 9.24. The van der Waals surface area contributed by atoms with E-state index in [1.807, 2.05) is 44.2 Å². The van der Waals surface area contributed by atoms with Gasteiger partial charge in [-0.15, -0.1) is 0 Å². The van der Waals surface area contributed by atoms with Crippen LogP contribution in [-0.2, 0) is 0 Å². The topological polar surface area (TPSA) is 40.5 Å². The second-order valence-corrected chi connectivity index (χ2v) is 4.28. The van der Waals surface area contributed by atoms with E-state index in [-0.39, 0.29) is 0 Å². The van der Waals surface area contributed by atoms with Crippen LogP contribution in [0.2, 0.25) is 5.02 Å². The van der Waals surface area contributed by atoms with Gasteiger partial charge in [-0.05, 0) is 11.1 Å². The molecule has 2 aromatic carbocycles. The van der Waals surface area contributed by atoms with Gasteiger partial charge in [-0.3, -0.25) is 0 Å². The summed E-state index contributed by atoms with van der Waals surface area (Å²) in [5.41, 5.74) is 3.15. The first kappa shape index (κ1) is 12.2. The van der Waals surface area contributed by atoms with Gasteiger partial charge in [-0.2, -0.15) is 0 Å². The highest BCUT2D eigenvalue weighted by molar-refractivity contribution is 6.64. The van der Waals surface area contributed by atoms with E-state index < -0.39 is 7.12 Å². The molecule has 0 radical (unpaired) electrons. The van der Waals surface area contributed by atoms with E-state index in [1.54, 1.807) is 6.07 Å². The average Bonchev–Trinajstić information content (AvgIpc) is 2.30. The van der Waals surface area contributed by atoms with Crippen molar-refractivity contribution in [3.8, 4) is 11.1 Å². The first-order chi connectivity index (χ1) is 8.11. The lowest BCUT2D eigenvalue weighted by Crippen LogP contribution is -2.32. The van der Waals surface area contributed by atoms with Crippen molar-refractivity contribution >= 4 is 37.5 Å². The zero-order chi connectivity index (χ0) is 12.4. The van der Waals surface area contributed by atoms with Gasteiger partial charge < -0.3 is 10.0 Å². The SMILES string of the molecule is Bc1ccc(B(O)O)c(Cl)c1-c1ccccc1. The van der Waals surface area contributed by atoms with Crippen molar-refractivity contribution in [2.75, 3.05) is 0 Å². The van der Waals surface area contributed by atoms with Crippen LogP contribution in [0.3, 0.4) is 0 Å². The molecule has 2 rings (SSSR count). The minimum absolute atomic E-state index is 0.330. The minimum atomic E-state index is -1.55. The van der Waals surface area contributed by atoms with Gasteiger partial charge in [0.15, 0.2) is 0 Å². The number of hydrogen-bond donors (Lipinski definition) is 2. The van der Waals surface area contributed by atoms with Crippen LogP contribution in [0.5, 0.6) is 0 Å². The molecule has 0 saturated heterocycles. The van der Waals surface area contributed by atoms with E-state index in [2.05, 4.69) is 0 Å². The van der Waals surface area contributed by atoms with Crippen molar-refractivity contribution in [2.24, 2.45) is 0 Å². The van der Waals surface area contributed by atoms with Crippen LogP contribution in [0.1, 0.15) is 0 Å². The van der Waals surface area contributed by atoms with Crippen LogP contribution in [0.4, 0.5) is 0 Å². The number of hydrogen-bond acceptors (Lipinski definition) is 2. The summed E-state index contributed by atoms with van der Waals surface area (Å²) in [5.74, 6) is 0. The number of benzene rings is 2. The molecule has 0 atom stereocenters. The van der Waals surface area contributed by atoms with Crippen LogP contribution in [0, 0.1) is 0 Å². The fraction of sp³-hybridized carbons (Fsp3) is 0. The molecule has 0 fully saturated rings. The smallest absolute Gasteiger partial charge is 0.423 e. The summed E-state index contributed by atoms with van der Waals surface area (Å²) in [6.07, 6.45) is 0. The Morgan fingerprint density at radius 2 is 1.65 bits per heavy atom. The molecule has 0 aliphatic carbocycles. The lowest BCUT2D eigenvalue weighted by Gasteiger charge is -2.12. The summed E-state index contributed by atoms with van der Waals surface area (Å²) in [5, 5.41) is 18.9. The third-order valence-electron chi connectivity index (χ3n) is 2.72. The Labute approximate surface area is 106 Å². The molecule has 0 unspecified atom stereocenters. The van der Waals surface area contributed by atoms with E-state index in [4.69, 9.17) is 11.6 Å². The predicted molar refractivity (Wildman–Crippen MR) is 74.9 cm³/mol. The normalized spacial score (nSPS) is 10.3. The summed E-state index contributed by atoms with van der Waals surface area (Å²) >= 11 is 6.22. The second-order valence-electron chi connectivity index (χ2n) is 3.90. The quantitative estimate of drug-likeness (QED) is 0.727. The molecule has 84 valence electrons. The van der Waals surface area contributed by atoms with Crippen molar-refractivity contribution in [1.29, 1.82) is 0 Å². The third kappa shape index (κ3) is 2.39. The van der Waals surface area contributed by atoms with Crippen LogP contribution in [0.15, 0.2) is 42.5 Å². The molecule has 0 aliphatic rings. The summed E-state index contributed by atoms with van der Waals surface area (Å²) in [6, 6.07) is 13.1. The second kappa shape index (κ2) is 4.96. The van der Waals surface area contributed by atoms with E-state index in [0.717, 1.165) is 16.6 Å². The standard InChI is InChI=1S/C12H11B2ClO2/c13-9-6-7-10(14(16)17)12(15)11(9)8-4-2-1-3-5-8/h1-7,16-17H,13H2. The van der Waals surface area contributed by atoms with Crippen LogP contribution in [-0.4, -0.2) is 25.0 Å². The molecule has 5 heteroatoms. The molecular formula is C12H11B2ClO2. The molecular weight excluding hydrogens is 233 g/mol. The first-order valence-electron chi connectivity index (χ1n) is 5.32. The minimum Gasteiger partial charge on any atom is -0.423 e. The van der Waals surface area contributed by atoms with E-state index >= 15 is 0 Å². The maximum Gasteiger partial charge on any atom is 0.489 e. The zero-order valence-electron chi connectivity index (χ0n) is 9.39. The van der Waals surface area contributed by atoms with Crippen LogP contribution < -0.4 is 10.9 Å². The van der Waals surface area contributed by atoms with Crippen LogP contribution >= 0.6 is 11.6 Å². The lowest BCUT2D eigenvalue weighted by atomic mass is 9.75. The molecule has 2 aromatic rings. The highest BCUT2D eigenvalue weighted by atomic mass is 35.5. The molecule has 0 spiro atoms. The fourth-order valence-corrected chi connectivity index (χ4v) is 2.27. The molecule has 2 N–H and O–H groups in total. The van der Waals surface area contributed by atoms with E-state index in [1.165, 1.54) is 0 Å². The van der Waals surface area contributed by atoms with E-state index in [0.29, 0.717) is 10.5 Å². The Morgan fingerprint density at radius 3 is 2.24 bits per heavy atom. The van der Waals surface area contributed by atoms with Gasteiger partial charge >= 0.3 is 7.12 Å². The monoisotopic (exact) mass is 244 g/mol. The van der Waals surface area contributed by atoms with E-state index in [9.17, 15) is 10.0 Å². The van der Waals surface area contributed by atoms with Gasteiger partial charge in [0.2, 0.25) is 0 Å². The maximum atomic E-state index is 9.24. The summed E-state index contributed by atoms with van der Waals surface area (Å²) in [7, 11) is 0.396. The molecule has 0 saturated carbocycles. The molecule has 0 amide bonds. The summed E-state index contributed by atoms with van der Waals surface area (Å²) in [4.78, 5) is 0. The largest absolute Gasteiger partial charge is 0.489 e. The summed E-state index contributed by atoms with van der Waals surface area (Å²) in [6.45, 7) is 0. The van der Waals surface area contributed by atoms with Crippen molar-refractivity contribution < 1.29 is 10.0 Å². The lowest BCUT2D eigenvalue weighted by molar-refractivity contribution is 0.426. The molecule has 0 bridgehead atoms. The average molecular weight is 244 g/mol. The molecule has 0 aliphatic heterocycles. The predicted octanol–water partition coefficient (Wildman–Crippen LogP) is -0.0548. The van der Waals surface area contributed by atoms with Gasteiger partial charge in [-0.25, -0.2) is 0 Å². The number of halogens is 1. The summed E-state index contributed by atoms with van der Waals surface area (Å²) < 4.78 is 0. The van der Waals surface area contributed by atoms with Crippen molar-refractivity contribution in [3.63, 3.8) is 0 Å². The van der Waals surface area contributed by atoms with Crippen molar-refractivity contribution in [3.05, 3.63) is 47.5 Å². The van der Waals surface area contributed by atoms with Gasteiger partial charge in [0.1, 0.15) is 7.85 Å².